The third-order valence-corrected chi connectivity index (χ3v) is 2.79. The van der Waals surface area contributed by atoms with Crippen molar-refractivity contribution in [3.63, 3.8) is 0 Å². The first-order valence-electron chi connectivity index (χ1n) is 6.71. The quantitative estimate of drug-likeness (QED) is 0.518. The average molecular weight is 286 g/mol. The Morgan fingerprint density at radius 1 is 0.611 bits per heavy atom. The maximum atomic E-state index is 8.49. The van der Waals surface area contributed by atoms with E-state index in [4.69, 9.17) is 18.6 Å². The van der Waals surface area contributed by atoms with Gasteiger partial charge < -0.3 is 4.48 Å². The van der Waals surface area contributed by atoms with Crippen LogP contribution < -0.4 is 18.6 Å². The molecule has 0 aromatic carbocycles. The van der Waals surface area contributed by atoms with Gasteiger partial charge in [-0.25, -0.2) is 18.6 Å². The highest BCUT2D eigenvalue weighted by molar-refractivity contribution is 4.43. The molecule has 0 aliphatic carbocycles. The summed E-state index contributed by atoms with van der Waals surface area (Å²) in [5, 5.41) is 0. The number of hydrogen-bond acceptors (Lipinski definition) is 4. The molecule has 0 heterocycles. The van der Waals surface area contributed by atoms with Crippen LogP contribution in [0, 0.1) is 10.2 Å². The Balaban J connectivity index is 0. The number of rotatable bonds is 8. The van der Waals surface area contributed by atoms with Gasteiger partial charge >= 0.3 is 0 Å². The molecule has 0 saturated carbocycles. The van der Waals surface area contributed by atoms with E-state index >= 15 is 0 Å². The molecule has 0 N–H and O–H groups in total. The zero-order valence-corrected chi connectivity index (χ0v) is 12.9. The summed E-state index contributed by atoms with van der Waals surface area (Å²) in [6, 6.07) is 0. The lowest BCUT2D eigenvalue weighted by atomic mass is 10.2. The van der Waals surface area contributed by atoms with Crippen molar-refractivity contribution in [2.24, 2.45) is 0 Å². The van der Waals surface area contributed by atoms with Crippen molar-refractivity contribution in [1.29, 1.82) is 0 Å². The van der Waals surface area contributed by atoms with Crippen LogP contribution in [0.1, 0.15) is 53.4 Å². The van der Waals surface area contributed by atoms with Crippen molar-refractivity contribution in [1.82, 2.24) is 0 Å². The van der Waals surface area contributed by atoms with Crippen LogP contribution in [0.2, 0.25) is 0 Å². The first-order chi connectivity index (χ1) is 8.24. The molecule has 0 atom stereocenters. The molecule has 0 rings (SSSR count). The van der Waals surface area contributed by atoms with Crippen molar-refractivity contribution < 1.29 is 33.4 Å². The third kappa shape index (κ3) is 14.2. The summed E-state index contributed by atoms with van der Waals surface area (Å²) >= 11 is 0. The van der Waals surface area contributed by atoms with Crippen molar-refractivity contribution in [3.8, 4) is 0 Å². The Morgan fingerprint density at radius 3 is 0.889 bits per heavy atom. The SMILES string of the molecule is CCC[N+](CCC)(CCC)CCC.[O-][Cl+3]([O-])([O-])[O-]. The minimum atomic E-state index is -4.94. The summed E-state index contributed by atoms with van der Waals surface area (Å²) in [6.07, 6.45) is 5.33. The van der Waals surface area contributed by atoms with Crippen LogP contribution in [0.4, 0.5) is 0 Å². The molecule has 0 bridgehead atoms. The molecule has 18 heavy (non-hydrogen) atoms. The maximum absolute atomic E-state index is 8.49. The van der Waals surface area contributed by atoms with Crippen LogP contribution in [0.3, 0.4) is 0 Å². The van der Waals surface area contributed by atoms with Crippen molar-refractivity contribution in [2.75, 3.05) is 26.2 Å². The molecule has 0 fully saturated rings. The van der Waals surface area contributed by atoms with Gasteiger partial charge in [-0.3, -0.25) is 0 Å². The second kappa shape index (κ2) is 11.0. The maximum Gasteiger partial charge on any atom is 0.0783 e. The fourth-order valence-corrected chi connectivity index (χ4v) is 2.57. The van der Waals surface area contributed by atoms with Gasteiger partial charge in [0.1, 0.15) is 0 Å². The van der Waals surface area contributed by atoms with Crippen LogP contribution in [0.5, 0.6) is 0 Å². The number of quaternary nitrogens is 1. The van der Waals surface area contributed by atoms with Crippen molar-refractivity contribution in [3.05, 3.63) is 0 Å². The number of halogens is 1. The molecule has 112 valence electrons. The second-order valence-electron chi connectivity index (χ2n) is 4.61. The smallest absolute Gasteiger partial charge is 0.0783 e. The van der Waals surface area contributed by atoms with Crippen LogP contribution in [0.25, 0.3) is 0 Å². The summed E-state index contributed by atoms with van der Waals surface area (Å²) in [6.45, 7) is 14.8. The second-order valence-corrected chi connectivity index (χ2v) is 5.37. The Bertz CT molecular complexity index is 150. The minimum Gasteiger partial charge on any atom is -0.324 e. The van der Waals surface area contributed by atoms with E-state index in [0.29, 0.717) is 0 Å². The molecule has 0 amide bonds. The van der Waals surface area contributed by atoms with Gasteiger partial charge in [-0.1, -0.05) is 27.7 Å². The highest BCUT2D eigenvalue weighted by Gasteiger charge is 2.22. The Labute approximate surface area is 113 Å². The van der Waals surface area contributed by atoms with E-state index in [2.05, 4.69) is 27.7 Å². The van der Waals surface area contributed by atoms with Crippen LogP contribution in [0.15, 0.2) is 0 Å². The standard InChI is InChI=1S/C12H28N.ClHO4/c1-5-9-13(10-6-2,11-7-3)12-8-4;2-1(3,4)5/h5-12H2,1-4H3;(H,2,3,4,5)/q+1;/p-1. The summed E-state index contributed by atoms with van der Waals surface area (Å²) in [7, 11) is -4.94. The van der Waals surface area contributed by atoms with Gasteiger partial charge in [0.05, 0.1) is 26.2 Å². The summed E-state index contributed by atoms with van der Waals surface area (Å²) < 4.78 is 35.3. The van der Waals surface area contributed by atoms with Crippen LogP contribution in [-0.4, -0.2) is 30.7 Å². The predicted octanol–water partition coefficient (Wildman–Crippen LogP) is -1.31. The van der Waals surface area contributed by atoms with Gasteiger partial charge in [0.25, 0.3) is 0 Å². The van der Waals surface area contributed by atoms with E-state index in [1.165, 1.54) is 56.3 Å². The Hall–Kier alpha value is 0.0900. The molecular formula is C12H28ClNO4. The van der Waals surface area contributed by atoms with E-state index < -0.39 is 10.2 Å². The normalized spacial score (nSPS) is 12.0. The van der Waals surface area contributed by atoms with Gasteiger partial charge in [0.15, 0.2) is 0 Å². The molecule has 0 aliphatic rings. The van der Waals surface area contributed by atoms with Crippen LogP contribution >= 0.6 is 0 Å². The minimum absolute atomic E-state index is 1.33. The zero-order chi connectivity index (χ0) is 14.7. The van der Waals surface area contributed by atoms with Crippen molar-refractivity contribution >= 4 is 0 Å². The van der Waals surface area contributed by atoms with Gasteiger partial charge in [0, 0.05) is 0 Å². The topological polar surface area (TPSA) is 92.2 Å². The van der Waals surface area contributed by atoms with Crippen molar-refractivity contribution in [2.45, 2.75) is 53.4 Å². The molecule has 6 heteroatoms. The average Bonchev–Trinajstić information content (AvgIpc) is 2.16. The highest BCUT2D eigenvalue weighted by Crippen LogP contribution is 2.12. The lowest BCUT2D eigenvalue weighted by Gasteiger charge is -2.38. The predicted molar refractivity (Wildman–Crippen MR) is 60.9 cm³/mol. The lowest BCUT2D eigenvalue weighted by Crippen LogP contribution is -2.68. The fraction of sp³-hybridized carbons (Fsp3) is 1.00. The zero-order valence-electron chi connectivity index (χ0n) is 12.1. The van der Waals surface area contributed by atoms with E-state index in [0.717, 1.165) is 0 Å². The molecular weight excluding hydrogens is 258 g/mol. The highest BCUT2D eigenvalue weighted by atomic mass is 35.7. The molecule has 0 saturated heterocycles. The number of hydrogen-bond donors (Lipinski definition) is 0. The summed E-state index contributed by atoms with van der Waals surface area (Å²) in [4.78, 5) is 0. The number of nitrogens with zero attached hydrogens (tertiary/aromatic N) is 1. The van der Waals surface area contributed by atoms with E-state index in [-0.39, 0.29) is 0 Å². The molecule has 0 spiro atoms. The first-order valence-corrected chi connectivity index (χ1v) is 7.94. The molecule has 0 radical (unpaired) electrons. The fourth-order valence-electron chi connectivity index (χ4n) is 2.57. The van der Waals surface area contributed by atoms with Gasteiger partial charge in [0.2, 0.25) is 0 Å². The largest absolute Gasteiger partial charge is 0.324 e. The summed E-state index contributed by atoms with van der Waals surface area (Å²) in [5.41, 5.74) is 0. The molecule has 0 aromatic rings. The van der Waals surface area contributed by atoms with E-state index in [9.17, 15) is 0 Å². The van der Waals surface area contributed by atoms with Crippen LogP contribution in [-0.2, 0) is 0 Å². The third-order valence-electron chi connectivity index (χ3n) is 2.79. The van der Waals surface area contributed by atoms with E-state index in [1.807, 2.05) is 0 Å². The lowest BCUT2D eigenvalue weighted by molar-refractivity contribution is -2.00. The molecule has 0 aromatic heterocycles. The van der Waals surface area contributed by atoms with E-state index in [1.54, 1.807) is 0 Å². The monoisotopic (exact) mass is 285 g/mol. The van der Waals surface area contributed by atoms with Gasteiger partial charge in [-0.15, -0.1) is 10.2 Å². The van der Waals surface area contributed by atoms with Gasteiger partial charge in [-0.05, 0) is 25.7 Å². The molecule has 5 nitrogen and oxygen atoms in total. The molecule has 0 unspecified atom stereocenters. The Kier molecular flexibility index (Phi) is 12.4. The summed E-state index contributed by atoms with van der Waals surface area (Å²) in [5.74, 6) is 0. The van der Waals surface area contributed by atoms with Gasteiger partial charge in [-0.2, -0.15) is 0 Å². The first kappa shape index (κ1) is 20.4. The molecule has 0 aliphatic heterocycles. The Morgan fingerprint density at radius 2 is 0.778 bits per heavy atom.